The number of carbonyl (C=O) groups is 1. The van der Waals surface area contributed by atoms with Crippen LogP contribution in [-0.4, -0.2) is 20.9 Å². The highest BCUT2D eigenvalue weighted by molar-refractivity contribution is 7.92. The van der Waals surface area contributed by atoms with Gasteiger partial charge in [0.05, 0.1) is 16.5 Å². The van der Waals surface area contributed by atoms with Gasteiger partial charge in [-0.05, 0) is 79.6 Å². The zero-order chi connectivity index (χ0) is 22.4. The highest BCUT2D eigenvalue weighted by atomic mass is 32.2. The minimum atomic E-state index is -3.75. The van der Waals surface area contributed by atoms with Crippen LogP contribution in [0.1, 0.15) is 16.7 Å². The molecule has 0 saturated heterocycles. The van der Waals surface area contributed by atoms with Crippen molar-refractivity contribution in [2.24, 2.45) is 0 Å². The van der Waals surface area contributed by atoms with Gasteiger partial charge in [0.15, 0.2) is 6.61 Å². The fraction of sp³-hybridized carbons (Fsp3) is 0.130. The fourth-order valence-electron chi connectivity index (χ4n) is 2.75. The van der Waals surface area contributed by atoms with Crippen molar-refractivity contribution in [1.29, 1.82) is 5.26 Å². The van der Waals surface area contributed by atoms with Crippen LogP contribution in [0.4, 0.5) is 11.4 Å². The predicted octanol–water partition coefficient (Wildman–Crippen LogP) is 3.99. The second-order valence-corrected chi connectivity index (χ2v) is 8.59. The van der Waals surface area contributed by atoms with Crippen LogP contribution >= 0.6 is 0 Å². The second-order valence-electron chi connectivity index (χ2n) is 6.91. The Labute approximate surface area is 181 Å². The quantitative estimate of drug-likeness (QED) is 0.583. The van der Waals surface area contributed by atoms with Crippen LogP contribution in [-0.2, 0) is 14.8 Å². The van der Waals surface area contributed by atoms with Crippen LogP contribution in [0.25, 0.3) is 0 Å². The molecule has 7 nitrogen and oxygen atoms in total. The van der Waals surface area contributed by atoms with E-state index in [9.17, 15) is 13.2 Å². The molecule has 158 valence electrons. The number of amides is 1. The van der Waals surface area contributed by atoms with Gasteiger partial charge in [0.1, 0.15) is 5.75 Å². The highest BCUT2D eigenvalue weighted by Gasteiger charge is 2.15. The summed E-state index contributed by atoms with van der Waals surface area (Å²) in [6.07, 6.45) is 0. The van der Waals surface area contributed by atoms with Crippen LogP contribution in [0.3, 0.4) is 0 Å². The number of hydrogen-bond donors (Lipinski definition) is 2. The summed E-state index contributed by atoms with van der Waals surface area (Å²) in [6.45, 7) is 3.61. The van der Waals surface area contributed by atoms with Gasteiger partial charge in [0, 0.05) is 11.4 Å². The van der Waals surface area contributed by atoms with E-state index in [0.29, 0.717) is 22.7 Å². The molecule has 8 heteroatoms. The Bertz CT molecular complexity index is 1250. The summed E-state index contributed by atoms with van der Waals surface area (Å²) in [5, 5.41) is 11.5. The number of nitrogens with one attached hydrogen (secondary N) is 2. The van der Waals surface area contributed by atoms with Crippen LogP contribution in [0.15, 0.2) is 71.6 Å². The van der Waals surface area contributed by atoms with Crippen molar-refractivity contribution in [3.63, 3.8) is 0 Å². The molecule has 3 aromatic carbocycles. The minimum absolute atomic E-state index is 0.0795. The molecule has 0 fully saturated rings. The number of ether oxygens (including phenoxy) is 1. The molecule has 1 amide bonds. The van der Waals surface area contributed by atoms with E-state index >= 15 is 0 Å². The molecule has 0 saturated carbocycles. The third kappa shape index (κ3) is 5.84. The largest absolute Gasteiger partial charge is 0.484 e. The number of aryl methyl sites for hydroxylation is 2. The SMILES string of the molecule is Cc1ccc(NS(=O)(=O)c2ccc(OCC(=O)Nc3cccc(C#N)c3)cc2)cc1C. The Hall–Kier alpha value is -3.83. The Morgan fingerprint density at radius 3 is 2.39 bits per heavy atom. The van der Waals surface area contributed by atoms with Crippen molar-refractivity contribution in [3.05, 3.63) is 83.4 Å². The average molecular weight is 436 g/mol. The van der Waals surface area contributed by atoms with Gasteiger partial charge in [-0.25, -0.2) is 8.42 Å². The van der Waals surface area contributed by atoms with Crippen LogP contribution < -0.4 is 14.8 Å². The average Bonchev–Trinajstić information content (AvgIpc) is 2.75. The van der Waals surface area contributed by atoms with E-state index in [0.717, 1.165) is 11.1 Å². The monoisotopic (exact) mass is 435 g/mol. The summed E-state index contributed by atoms with van der Waals surface area (Å²) in [6, 6.07) is 19.7. The molecule has 0 aliphatic carbocycles. The van der Waals surface area contributed by atoms with E-state index in [4.69, 9.17) is 10.00 Å². The molecule has 3 rings (SSSR count). The van der Waals surface area contributed by atoms with E-state index in [1.165, 1.54) is 24.3 Å². The van der Waals surface area contributed by atoms with Gasteiger partial charge in [-0.1, -0.05) is 12.1 Å². The van der Waals surface area contributed by atoms with E-state index in [1.54, 1.807) is 36.4 Å². The highest BCUT2D eigenvalue weighted by Crippen LogP contribution is 2.21. The first-order valence-electron chi connectivity index (χ1n) is 9.40. The molecule has 2 N–H and O–H groups in total. The first-order valence-corrected chi connectivity index (χ1v) is 10.9. The lowest BCUT2D eigenvalue weighted by Gasteiger charge is -2.11. The number of carbonyl (C=O) groups excluding carboxylic acids is 1. The van der Waals surface area contributed by atoms with Crippen molar-refractivity contribution in [1.82, 2.24) is 0 Å². The number of rotatable bonds is 7. The van der Waals surface area contributed by atoms with E-state index < -0.39 is 15.9 Å². The molecule has 0 aliphatic heterocycles. The molecule has 0 radical (unpaired) electrons. The second kappa shape index (κ2) is 9.32. The maximum atomic E-state index is 12.6. The number of nitriles is 1. The molecule has 0 heterocycles. The van der Waals surface area contributed by atoms with Crippen molar-refractivity contribution >= 4 is 27.3 Å². The third-order valence-electron chi connectivity index (χ3n) is 4.54. The zero-order valence-electron chi connectivity index (χ0n) is 17.0. The predicted molar refractivity (Wildman–Crippen MR) is 118 cm³/mol. The van der Waals surface area contributed by atoms with E-state index in [-0.39, 0.29) is 11.5 Å². The van der Waals surface area contributed by atoms with Gasteiger partial charge in [-0.3, -0.25) is 9.52 Å². The van der Waals surface area contributed by atoms with Gasteiger partial charge in [-0.15, -0.1) is 0 Å². The number of benzene rings is 3. The molecule has 0 unspecified atom stereocenters. The van der Waals surface area contributed by atoms with Crippen molar-refractivity contribution < 1.29 is 17.9 Å². The van der Waals surface area contributed by atoms with E-state index in [1.807, 2.05) is 26.0 Å². The van der Waals surface area contributed by atoms with Gasteiger partial charge < -0.3 is 10.1 Å². The molecule has 0 atom stereocenters. The number of nitrogens with zero attached hydrogens (tertiary/aromatic N) is 1. The Morgan fingerprint density at radius 2 is 1.71 bits per heavy atom. The summed E-state index contributed by atoms with van der Waals surface area (Å²) in [5.74, 6) is -0.0470. The van der Waals surface area contributed by atoms with Crippen molar-refractivity contribution in [3.8, 4) is 11.8 Å². The molecule has 0 spiro atoms. The standard InChI is InChI=1S/C23H21N3O4S/c1-16-6-7-20(12-17(16)2)26-31(28,29)22-10-8-21(9-11-22)30-15-23(27)25-19-5-3-4-18(13-19)14-24/h3-13,26H,15H2,1-2H3,(H,25,27). The van der Waals surface area contributed by atoms with Gasteiger partial charge in [0.2, 0.25) is 0 Å². The lowest BCUT2D eigenvalue weighted by Crippen LogP contribution is -2.20. The Morgan fingerprint density at radius 1 is 0.968 bits per heavy atom. The van der Waals surface area contributed by atoms with Gasteiger partial charge in [0.25, 0.3) is 15.9 Å². The Kier molecular flexibility index (Phi) is 6.58. The van der Waals surface area contributed by atoms with Crippen molar-refractivity contribution in [2.75, 3.05) is 16.6 Å². The zero-order valence-corrected chi connectivity index (χ0v) is 17.9. The third-order valence-corrected chi connectivity index (χ3v) is 5.94. The topological polar surface area (TPSA) is 108 Å². The summed E-state index contributed by atoms with van der Waals surface area (Å²) in [5.41, 5.74) is 3.48. The maximum Gasteiger partial charge on any atom is 0.262 e. The number of sulfonamides is 1. The van der Waals surface area contributed by atoms with Gasteiger partial charge in [-0.2, -0.15) is 5.26 Å². The molecular formula is C23H21N3O4S. The Balaban J connectivity index is 1.59. The van der Waals surface area contributed by atoms with Crippen LogP contribution in [0.5, 0.6) is 5.75 Å². The number of hydrogen-bond acceptors (Lipinski definition) is 5. The smallest absolute Gasteiger partial charge is 0.262 e. The first kappa shape index (κ1) is 21.9. The molecule has 0 aliphatic rings. The summed E-state index contributed by atoms with van der Waals surface area (Å²) < 4.78 is 33.2. The first-order chi connectivity index (χ1) is 14.8. The fourth-order valence-corrected chi connectivity index (χ4v) is 3.80. The molecule has 3 aromatic rings. The lowest BCUT2D eigenvalue weighted by atomic mass is 10.1. The van der Waals surface area contributed by atoms with Crippen LogP contribution in [0, 0.1) is 25.2 Å². The lowest BCUT2D eigenvalue weighted by molar-refractivity contribution is -0.118. The molecule has 0 aromatic heterocycles. The van der Waals surface area contributed by atoms with E-state index in [2.05, 4.69) is 10.0 Å². The van der Waals surface area contributed by atoms with Crippen LogP contribution in [0.2, 0.25) is 0 Å². The number of anilines is 2. The summed E-state index contributed by atoms with van der Waals surface area (Å²) in [4.78, 5) is 12.1. The molecule has 0 bridgehead atoms. The molecule has 31 heavy (non-hydrogen) atoms. The maximum absolute atomic E-state index is 12.6. The van der Waals surface area contributed by atoms with Gasteiger partial charge >= 0.3 is 0 Å². The molecular weight excluding hydrogens is 414 g/mol. The summed E-state index contributed by atoms with van der Waals surface area (Å²) >= 11 is 0. The normalized spacial score (nSPS) is 10.7. The summed E-state index contributed by atoms with van der Waals surface area (Å²) in [7, 11) is -3.75. The van der Waals surface area contributed by atoms with Crippen molar-refractivity contribution in [2.45, 2.75) is 18.7 Å². The minimum Gasteiger partial charge on any atom is -0.484 e.